The van der Waals surface area contributed by atoms with Crippen LogP contribution in [0.2, 0.25) is 0 Å². The van der Waals surface area contributed by atoms with Crippen LogP contribution < -0.4 is 0 Å². The molecule has 0 amide bonds. The Balaban J connectivity index is 3.25. The first-order chi connectivity index (χ1) is 12.8. The average molecular weight is 537 g/mol. The molecule has 0 nitrogen and oxygen atoms in total. The van der Waals surface area contributed by atoms with Crippen molar-refractivity contribution in [1.82, 2.24) is 0 Å². The zero-order chi connectivity index (χ0) is 23.1. The third kappa shape index (κ3) is 4.32. The molecule has 167 valence electrons. The van der Waals surface area contributed by atoms with Gasteiger partial charge in [0.25, 0.3) is 0 Å². The molecule has 1 aromatic carbocycles. The summed E-state index contributed by atoms with van der Waals surface area (Å²) in [4.78, 5) is 0. The van der Waals surface area contributed by atoms with E-state index in [1.165, 1.54) is 16.7 Å². The van der Waals surface area contributed by atoms with Gasteiger partial charge in [-0.05, 0) is 0 Å². The standard InChI is InChI=1S/C15H9F13.Ru/c1-8-3-2-4-9(7-8)5-6-10(16,17)11(18,19)12(20,21)13(22,23)14(24,25)15(26,27)28;/h1-4,7H,5-6H2;/q;+1. The fourth-order valence-corrected chi connectivity index (χ4v) is 2.38. The number of hydrogen-bond donors (Lipinski definition) is 0. The molecule has 0 aliphatic heterocycles. The summed E-state index contributed by atoms with van der Waals surface area (Å²) in [6.45, 7) is 0. The average Bonchev–Trinajstić information content (AvgIpc) is 2.58. The molecule has 29 heavy (non-hydrogen) atoms. The Morgan fingerprint density at radius 1 is 0.690 bits per heavy atom. The van der Waals surface area contributed by atoms with Gasteiger partial charge in [-0.25, -0.2) is 0 Å². The third-order valence-corrected chi connectivity index (χ3v) is 4.37. The van der Waals surface area contributed by atoms with Crippen molar-refractivity contribution in [1.29, 1.82) is 0 Å². The fourth-order valence-electron chi connectivity index (χ4n) is 2.07. The molecule has 0 bridgehead atoms. The van der Waals surface area contributed by atoms with Crippen molar-refractivity contribution in [2.75, 3.05) is 0 Å². The molecule has 0 unspecified atom stereocenters. The van der Waals surface area contributed by atoms with Crippen LogP contribution in [-0.4, -0.2) is 40.4 Å². The summed E-state index contributed by atoms with van der Waals surface area (Å²) in [6, 6.07) is 4.93. The van der Waals surface area contributed by atoms with E-state index in [9.17, 15) is 57.1 Å². The topological polar surface area (TPSA) is 0 Å². The van der Waals surface area contributed by atoms with E-state index in [0.717, 1.165) is 12.1 Å². The SMILES string of the molecule is FC(F)(F)C(F)(F)C(F)(F)C(F)(F)C(F)(F)C(F)(F)CCc1cccc([CH]=[Ru+])c1. The molecular formula is C15H9F13Ru+. The molecular weight excluding hydrogens is 528 g/mol. The second-order valence-corrected chi connectivity index (χ2v) is 6.35. The van der Waals surface area contributed by atoms with Gasteiger partial charge in [0.15, 0.2) is 0 Å². The minimum absolute atomic E-state index is 0.130. The molecule has 0 atom stereocenters. The van der Waals surface area contributed by atoms with Gasteiger partial charge in [0.05, 0.1) is 0 Å². The van der Waals surface area contributed by atoms with Crippen LogP contribution in [0.1, 0.15) is 17.5 Å². The van der Waals surface area contributed by atoms with Crippen molar-refractivity contribution in [3.05, 3.63) is 35.4 Å². The molecule has 14 heteroatoms. The summed E-state index contributed by atoms with van der Waals surface area (Å²) in [5.41, 5.74) is 0.241. The van der Waals surface area contributed by atoms with E-state index in [2.05, 4.69) is 0 Å². The van der Waals surface area contributed by atoms with Crippen molar-refractivity contribution in [2.24, 2.45) is 0 Å². The molecule has 0 radical (unpaired) electrons. The first-order valence-corrected chi connectivity index (χ1v) is 8.23. The van der Waals surface area contributed by atoms with Gasteiger partial charge in [-0.15, -0.1) is 0 Å². The van der Waals surface area contributed by atoms with Gasteiger partial charge in [0.1, 0.15) is 0 Å². The Kier molecular flexibility index (Phi) is 6.96. The summed E-state index contributed by atoms with van der Waals surface area (Å²) in [5, 5.41) is 0. The monoisotopic (exact) mass is 538 g/mol. The van der Waals surface area contributed by atoms with Crippen LogP contribution >= 0.6 is 0 Å². The van der Waals surface area contributed by atoms with Crippen molar-refractivity contribution in [3.8, 4) is 0 Å². The van der Waals surface area contributed by atoms with Crippen molar-refractivity contribution in [2.45, 2.75) is 48.6 Å². The summed E-state index contributed by atoms with van der Waals surface area (Å²) in [7, 11) is 0. The van der Waals surface area contributed by atoms with Gasteiger partial charge in [-0.3, -0.25) is 0 Å². The Morgan fingerprint density at radius 2 is 1.17 bits per heavy atom. The second-order valence-electron chi connectivity index (χ2n) is 5.85. The summed E-state index contributed by atoms with van der Waals surface area (Å²) in [6.07, 6.45) is -10.7. The van der Waals surface area contributed by atoms with Gasteiger partial charge in [0, 0.05) is 0 Å². The molecule has 0 heterocycles. The molecule has 1 aromatic rings. The van der Waals surface area contributed by atoms with Crippen LogP contribution in [0.4, 0.5) is 57.1 Å². The second kappa shape index (κ2) is 7.81. The molecule has 0 aromatic heterocycles. The molecule has 0 fully saturated rings. The summed E-state index contributed by atoms with van der Waals surface area (Å²) < 4.78 is 170. The maximum atomic E-state index is 13.7. The van der Waals surface area contributed by atoms with Crippen LogP contribution in [-0.2, 0) is 24.3 Å². The van der Waals surface area contributed by atoms with Gasteiger partial charge >= 0.3 is 150 Å². The Labute approximate surface area is 164 Å². The zero-order valence-electron chi connectivity index (χ0n) is 13.6. The van der Waals surface area contributed by atoms with Gasteiger partial charge < -0.3 is 0 Å². The predicted molar refractivity (Wildman–Crippen MR) is 70.7 cm³/mol. The van der Waals surface area contributed by atoms with Crippen molar-refractivity contribution >= 4 is 4.61 Å². The van der Waals surface area contributed by atoms with E-state index in [4.69, 9.17) is 0 Å². The first kappa shape index (κ1) is 25.8. The molecule has 0 spiro atoms. The fraction of sp³-hybridized carbons (Fsp3) is 0.533. The number of rotatable bonds is 8. The maximum absolute atomic E-state index is 13.7. The number of benzene rings is 1. The van der Waals surface area contributed by atoms with E-state index in [1.54, 1.807) is 0 Å². The Bertz CT molecular complexity index is 736. The number of hydrogen-bond acceptors (Lipinski definition) is 0. The number of aryl methyl sites for hydroxylation is 1. The van der Waals surface area contributed by atoms with Gasteiger partial charge in [-0.2, -0.15) is 13.2 Å². The molecule has 0 saturated heterocycles. The van der Waals surface area contributed by atoms with Crippen LogP contribution in [0, 0.1) is 0 Å². The molecule has 0 aliphatic carbocycles. The van der Waals surface area contributed by atoms with E-state index in [-0.39, 0.29) is 5.56 Å². The summed E-state index contributed by atoms with van der Waals surface area (Å²) in [5.74, 6) is -36.6. The van der Waals surface area contributed by atoms with Crippen LogP contribution in [0.25, 0.3) is 0 Å². The van der Waals surface area contributed by atoms with Gasteiger partial charge in [0.2, 0.25) is 0 Å². The van der Waals surface area contributed by atoms with Crippen molar-refractivity contribution in [3.63, 3.8) is 0 Å². The molecule has 0 aliphatic rings. The minimum atomic E-state index is -7.86. The van der Waals surface area contributed by atoms with E-state index in [0.29, 0.717) is 5.56 Å². The van der Waals surface area contributed by atoms with E-state index < -0.39 is 48.6 Å². The Hall–Kier alpha value is -1.20. The zero-order valence-corrected chi connectivity index (χ0v) is 15.3. The summed E-state index contributed by atoms with van der Waals surface area (Å²) >= 11 is 2.01. The van der Waals surface area contributed by atoms with E-state index >= 15 is 0 Å². The molecule has 0 N–H and O–H groups in total. The third-order valence-electron chi connectivity index (χ3n) is 3.79. The Morgan fingerprint density at radius 3 is 1.62 bits per heavy atom. The molecule has 0 saturated carbocycles. The quantitative estimate of drug-likeness (QED) is 0.280. The normalized spacial score (nSPS) is 14.8. The van der Waals surface area contributed by atoms with Gasteiger partial charge in [-0.1, -0.05) is 0 Å². The number of alkyl halides is 13. The predicted octanol–water partition coefficient (Wildman–Crippen LogP) is 6.06. The van der Waals surface area contributed by atoms with Crippen LogP contribution in [0.3, 0.4) is 0 Å². The van der Waals surface area contributed by atoms with Crippen LogP contribution in [0.15, 0.2) is 24.3 Å². The number of halogens is 13. The van der Waals surface area contributed by atoms with E-state index in [1.807, 2.05) is 17.9 Å². The first-order valence-electron chi connectivity index (χ1n) is 7.23. The van der Waals surface area contributed by atoms with Crippen LogP contribution in [0.5, 0.6) is 0 Å². The molecule has 1 rings (SSSR count). The van der Waals surface area contributed by atoms with Crippen molar-refractivity contribution < 1.29 is 74.9 Å².